The van der Waals surface area contributed by atoms with Gasteiger partial charge in [-0.2, -0.15) is 0 Å². The van der Waals surface area contributed by atoms with Crippen molar-refractivity contribution in [3.63, 3.8) is 0 Å². The minimum atomic E-state index is -0.863. The highest BCUT2D eigenvalue weighted by Crippen LogP contribution is 2.30. The zero-order valence-corrected chi connectivity index (χ0v) is 10.6. The number of carbonyl (C=O) groups is 1. The van der Waals surface area contributed by atoms with Gasteiger partial charge in [-0.05, 0) is 23.6 Å². The molecule has 3 N–H and O–H groups in total. The Balaban J connectivity index is 2.88. The summed E-state index contributed by atoms with van der Waals surface area (Å²) in [7, 11) is 1.55. The molecule has 1 aromatic carbocycles. The lowest BCUT2D eigenvalue weighted by Crippen LogP contribution is -2.21. The minimum Gasteiger partial charge on any atom is -0.497 e. The molecule has 1 aromatic rings. The monoisotopic (exact) mass is 257 g/mol. The molecule has 0 saturated heterocycles. The number of hydrogen-bond acceptors (Lipinski definition) is 3. The quantitative estimate of drug-likeness (QED) is 0.850. The molecule has 2 atom stereocenters. The lowest BCUT2D eigenvalue weighted by Gasteiger charge is -2.20. The van der Waals surface area contributed by atoms with E-state index in [1.54, 1.807) is 32.2 Å². The fourth-order valence-corrected chi connectivity index (χ4v) is 1.91. The highest BCUT2D eigenvalue weighted by molar-refractivity contribution is 6.31. The van der Waals surface area contributed by atoms with Crippen molar-refractivity contribution in [3.8, 4) is 5.75 Å². The molecule has 17 heavy (non-hydrogen) atoms. The molecule has 0 aliphatic carbocycles. The summed E-state index contributed by atoms with van der Waals surface area (Å²) in [4.78, 5) is 10.6. The molecule has 0 amide bonds. The fourth-order valence-electron chi connectivity index (χ4n) is 1.61. The Morgan fingerprint density at radius 1 is 1.59 bits per heavy atom. The van der Waals surface area contributed by atoms with E-state index >= 15 is 0 Å². The zero-order valence-electron chi connectivity index (χ0n) is 9.81. The first-order valence-electron chi connectivity index (χ1n) is 5.26. The Kier molecular flexibility index (Phi) is 4.78. The number of carboxylic acid groups (broad SMARTS) is 1. The summed E-state index contributed by atoms with van der Waals surface area (Å²) in [6.07, 6.45) is 0.0174. The van der Waals surface area contributed by atoms with Crippen molar-refractivity contribution in [3.05, 3.63) is 28.8 Å². The summed E-state index contributed by atoms with van der Waals surface area (Å²) >= 11 is 6.08. The lowest BCUT2D eigenvalue weighted by atomic mass is 9.92. The van der Waals surface area contributed by atoms with Gasteiger partial charge in [0.15, 0.2) is 0 Å². The van der Waals surface area contributed by atoms with Crippen molar-refractivity contribution < 1.29 is 14.6 Å². The molecule has 0 fully saturated rings. The van der Waals surface area contributed by atoms with E-state index < -0.39 is 12.0 Å². The van der Waals surface area contributed by atoms with E-state index in [-0.39, 0.29) is 12.3 Å². The van der Waals surface area contributed by atoms with Gasteiger partial charge in [0.25, 0.3) is 0 Å². The van der Waals surface area contributed by atoms with Crippen LogP contribution in [-0.4, -0.2) is 18.2 Å². The second kappa shape index (κ2) is 5.89. The van der Waals surface area contributed by atoms with Gasteiger partial charge in [-0.15, -0.1) is 0 Å². The number of methoxy groups -OCH3 is 1. The molecule has 4 nitrogen and oxygen atoms in total. The number of aliphatic carboxylic acids is 1. The summed E-state index contributed by atoms with van der Waals surface area (Å²) in [6, 6.07) is 4.80. The predicted octanol–water partition coefficient (Wildman–Crippen LogP) is 2.46. The van der Waals surface area contributed by atoms with Crippen molar-refractivity contribution in [2.75, 3.05) is 7.11 Å². The molecule has 0 aromatic heterocycles. The summed E-state index contributed by atoms with van der Waals surface area (Å²) in [5, 5.41) is 9.22. The van der Waals surface area contributed by atoms with Gasteiger partial charge < -0.3 is 15.6 Å². The first-order chi connectivity index (χ1) is 7.95. The van der Waals surface area contributed by atoms with Gasteiger partial charge in [0, 0.05) is 17.5 Å². The van der Waals surface area contributed by atoms with E-state index in [9.17, 15) is 4.79 Å². The van der Waals surface area contributed by atoms with Gasteiger partial charge in [-0.3, -0.25) is 4.79 Å². The molecule has 0 saturated carbocycles. The second-order valence-corrected chi connectivity index (χ2v) is 4.40. The average Bonchev–Trinajstić information content (AvgIpc) is 2.27. The average molecular weight is 258 g/mol. The number of nitrogens with two attached hydrogens (primary N) is 1. The van der Waals surface area contributed by atoms with E-state index in [1.807, 2.05) is 0 Å². The molecule has 5 heteroatoms. The third-order valence-corrected chi connectivity index (χ3v) is 3.00. The van der Waals surface area contributed by atoms with Crippen molar-refractivity contribution in [2.45, 2.75) is 19.4 Å². The van der Waals surface area contributed by atoms with Crippen molar-refractivity contribution in [1.29, 1.82) is 0 Å². The normalized spacial score (nSPS) is 14.1. The maximum Gasteiger partial charge on any atom is 0.303 e. The molecule has 0 spiro atoms. The van der Waals surface area contributed by atoms with Crippen LogP contribution in [0.1, 0.15) is 24.9 Å². The van der Waals surface area contributed by atoms with Crippen molar-refractivity contribution in [2.24, 2.45) is 11.7 Å². The van der Waals surface area contributed by atoms with Crippen LogP contribution in [0, 0.1) is 5.92 Å². The SMILES string of the molecule is COc1ccc(C(N)C(C)CC(=O)O)c(Cl)c1. The highest BCUT2D eigenvalue weighted by atomic mass is 35.5. The number of halogens is 1. The fraction of sp³-hybridized carbons (Fsp3) is 0.417. The van der Waals surface area contributed by atoms with Gasteiger partial charge in [-0.1, -0.05) is 24.6 Å². The largest absolute Gasteiger partial charge is 0.497 e. The summed E-state index contributed by atoms with van der Waals surface area (Å²) < 4.78 is 5.04. The number of benzene rings is 1. The summed E-state index contributed by atoms with van der Waals surface area (Å²) in [5.41, 5.74) is 6.73. The minimum absolute atomic E-state index is 0.0174. The third kappa shape index (κ3) is 3.61. The Morgan fingerprint density at radius 2 is 2.24 bits per heavy atom. The highest BCUT2D eigenvalue weighted by Gasteiger charge is 2.20. The molecule has 0 heterocycles. The van der Waals surface area contributed by atoms with Crippen LogP contribution in [0.4, 0.5) is 0 Å². The molecule has 0 aliphatic heterocycles. The second-order valence-electron chi connectivity index (χ2n) is 3.99. The van der Waals surface area contributed by atoms with Crippen LogP contribution in [-0.2, 0) is 4.79 Å². The molecular formula is C12H16ClNO3. The smallest absolute Gasteiger partial charge is 0.303 e. The van der Waals surface area contributed by atoms with E-state index in [1.165, 1.54) is 0 Å². The molecule has 0 radical (unpaired) electrons. The maximum absolute atomic E-state index is 10.6. The van der Waals surface area contributed by atoms with Crippen LogP contribution in [0.25, 0.3) is 0 Å². The van der Waals surface area contributed by atoms with Gasteiger partial charge in [0.2, 0.25) is 0 Å². The van der Waals surface area contributed by atoms with E-state index in [0.29, 0.717) is 10.8 Å². The Bertz CT molecular complexity index is 409. The zero-order chi connectivity index (χ0) is 13.0. The summed E-state index contributed by atoms with van der Waals surface area (Å²) in [6.45, 7) is 1.79. The van der Waals surface area contributed by atoms with Crippen LogP contribution in [0.15, 0.2) is 18.2 Å². The van der Waals surface area contributed by atoms with Crippen molar-refractivity contribution >= 4 is 17.6 Å². The van der Waals surface area contributed by atoms with Gasteiger partial charge in [0.1, 0.15) is 5.75 Å². The van der Waals surface area contributed by atoms with Crippen LogP contribution in [0.3, 0.4) is 0 Å². The van der Waals surface area contributed by atoms with Gasteiger partial charge >= 0.3 is 5.97 Å². The number of hydrogen-bond donors (Lipinski definition) is 2. The molecule has 94 valence electrons. The molecule has 0 bridgehead atoms. The number of rotatable bonds is 5. The van der Waals surface area contributed by atoms with Gasteiger partial charge in [-0.25, -0.2) is 0 Å². The van der Waals surface area contributed by atoms with Crippen LogP contribution < -0.4 is 10.5 Å². The van der Waals surface area contributed by atoms with E-state index in [4.69, 9.17) is 27.2 Å². The van der Waals surface area contributed by atoms with E-state index in [0.717, 1.165) is 5.56 Å². The summed E-state index contributed by atoms with van der Waals surface area (Å²) in [5.74, 6) is -0.396. The van der Waals surface area contributed by atoms with Crippen LogP contribution in [0.2, 0.25) is 5.02 Å². The number of ether oxygens (including phenoxy) is 1. The third-order valence-electron chi connectivity index (χ3n) is 2.68. The standard InChI is InChI=1S/C12H16ClNO3/c1-7(5-11(15)16)12(14)9-4-3-8(17-2)6-10(9)13/h3-4,6-7,12H,5,14H2,1-2H3,(H,15,16). The Morgan fingerprint density at radius 3 is 2.71 bits per heavy atom. The first kappa shape index (κ1) is 13.8. The van der Waals surface area contributed by atoms with Crippen LogP contribution in [0.5, 0.6) is 5.75 Å². The molecule has 1 rings (SSSR count). The lowest BCUT2D eigenvalue weighted by molar-refractivity contribution is -0.138. The van der Waals surface area contributed by atoms with Crippen LogP contribution >= 0.6 is 11.6 Å². The van der Waals surface area contributed by atoms with Gasteiger partial charge in [0.05, 0.1) is 7.11 Å². The molecule has 0 aliphatic rings. The predicted molar refractivity (Wildman–Crippen MR) is 66.3 cm³/mol. The molecule has 2 unspecified atom stereocenters. The topological polar surface area (TPSA) is 72.5 Å². The molecular weight excluding hydrogens is 242 g/mol. The number of carboxylic acids is 1. The Hall–Kier alpha value is -1.26. The van der Waals surface area contributed by atoms with Crippen molar-refractivity contribution in [1.82, 2.24) is 0 Å². The van der Waals surface area contributed by atoms with E-state index in [2.05, 4.69) is 0 Å². The Labute approximate surface area is 105 Å². The maximum atomic E-state index is 10.6. The first-order valence-corrected chi connectivity index (χ1v) is 5.64.